The number of amides is 4. The summed E-state index contributed by atoms with van der Waals surface area (Å²) in [5.41, 5.74) is 0. The van der Waals surface area contributed by atoms with E-state index in [9.17, 15) is 96.7 Å². The van der Waals surface area contributed by atoms with Crippen LogP contribution in [0.2, 0.25) is 0 Å². The van der Waals surface area contributed by atoms with Gasteiger partial charge in [-0.3, -0.25) is 28.3 Å². The maximum Gasteiger partial charge on any atom is 0.397 e. The van der Waals surface area contributed by atoms with E-state index < -0.39 is 168 Å². The van der Waals surface area contributed by atoms with E-state index in [1.165, 1.54) is 13.8 Å². The molecular formula is C63H112N4O34S2. The van der Waals surface area contributed by atoms with Crippen LogP contribution in [-0.2, 0) is 105 Å². The standard InChI is InChI=1S/C63H112N4O34S2/c1-38-46(72)48(74)40(36-94-102(84,85)86)96-60(38)98-54-50(76)52(78)62(100-56(54)58(80)81)92-32-19-11-9-17-26-64-42(68)22-13-5-3-7-15-28-66-44(70)24-34-90-30-21-31-91-35-25-45(71)67-29-16-8-4-6-14-23-43(69)65-27-18-10-12-20-33-93-63-53(79)51(77)55(57(101-63)59(82)83)99-61-39(2)47(73)49(75)41(97-61)37-95-103(87,88)89/h38-41,46-57,60-63,72-79H,3-37H2,1-2H3,(H,64,68)(H,65,69)(H,66,70)(H,67,71)(H,80,81)(H,82,83)(H,84,85,86)(H,87,88,89). The van der Waals surface area contributed by atoms with Gasteiger partial charge >= 0.3 is 32.7 Å². The molecule has 4 saturated heterocycles. The molecule has 0 spiro atoms. The Balaban J connectivity index is 0.859. The molecule has 0 saturated carbocycles. The molecule has 4 aliphatic rings. The highest BCUT2D eigenvalue weighted by molar-refractivity contribution is 7.81. The Morgan fingerprint density at radius 3 is 0.990 bits per heavy atom. The zero-order valence-electron chi connectivity index (χ0n) is 58.5. The summed E-state index contributed by atoms with van der Waals surface area (Å²) in [7, 11) is -9.90. The molecule has 4 amide bonds. The van der Waals surface area contributed by atoms with Crippen molar-refractivity contribution in [1.29, 1.82) is 0 Å². The number of hydrogen-bond donors (Lipinski definition) is 16. The van der Waals surface area contributed by atoms with Gasteiger partial charge < -0.3 is 120 Å². The van der Waals surface area contributed by atoms with Crippen molar-refractivity contribution < 1.29 is 162 Å². The fraction of sp³-hybridized carbons (Fsp3) is 0.905. The Labute approximate surface area is 599 Å². The van der Waals surface area contributed by atoms with E-state index in [1.807, 2.05) is 0 Å². The summed E-state index contributed by atoms with van der Waals surface area (Å²) in [5, 5.41) is 116. The maximum absolute atomic E-state index is 12.3. The van der Waals surface area contributed by atoms with Crippen molar-refractivity contribution in [2.24, 2.45) is 11.8 Å². The molecule has 40 heteroatoms. The normalized spacial score (nSPS) is 29.8. The molecule has 0 aromatic heterocycles. The van der Waals surface area contributed by atoms with Crippen LogP contribution in [0.3, 0.4) is 0 Å². The number of carboxylic acids is 2. The van der Waals surface area contributed by atoms with Crippen molar-refractivity contribution in [2.75, 3.05) is 79.0 Å². The molecule has 20 atom stereocenters. The van der Waals surface area contributed by atoms with Crippen LogP contribution in [0, 0.1) is 11.8 Å². The van der Waals surface area contributed by atoms with Gasteiger partial charge in [0.05, 0.1) is 38.6 Å². The maximum atomic E-state index is 12.3. The van der Waals surface area contributed by atoms with Crippen molar-refractivity contribution in [3.05, 3.63) is 0 Å². The zero-order valence-corrected chi connectivity index (χ0v) is 60.1. The number of carbonyl (C=O) groups is 6. The number of hydrogen-bond acceptors (Lipinski definition) is 30. The highest BCUT2D eigenvalue weighted by Gasteiger charge is 2.54. The van der Waals surface area contributed by atoms with Crippen LogP contribution >= 0.6 is 0 Å². The Morgan fingerprint density at radius 2 is 0.660 bits per heavy atom. The van der Waals surface area contributed by atoms with Crippen LogP contribution in [0.4, 0.5) is 0 Å². The Morgan fingerprint density at radius 1 is 0.350 bits per heavy atom. The number of rotatable bonds is 54. The molecule has 0 aromatic rings. The number of carbonyl (C=O) groups excluding carboxylic acids is 4. The van der Waals surface area contributed by atoms with Gasteiger partial charge in [0.15, 0.2) is 37.4 Å². The van der Waals surface area contributed by atoms with Crippen LogP contribution in [0.15, 0.2) is 0 Å². The van der Waals surface area contributed by atoms with Gasteiger partial charge in [-0.05, 0) is 57.8 Å². The number of aliphatic hydroxyl groups excluding tert-OH is 8. The monoisotopic (exact) mass is 1530 g/mol. The molecule has 0 aromatic carbocycles. The molecule has 0 radical (unpaired) electrons. The predicted octanol–water partition coefficient (Wildman–Crippen LogP) is -1.87. The summed E-state index contributed by atoms with van der Waals surface area (Å²) in [6, 6.07) is 0. The Bertz CT molecular complexity index is 2520. The molecule has 38 nitrogen and oxygen atoms in total. The second-order valence-corrected chi connectivity index (χ2v) is 28.1. The average molecular weight is 1530 g/mol. The van der Waals surface area contributed by atoms with Gasteiger partial charge in [0.2, 0.25) is 23.6 Å². The first-order chi connectivity index (χ1) is 48.9. The minimum atomic E-state index is -4.95. The molecule has 16 N–H and O–H groups in total. The van der Waals surface area contributed by atoms with Crippen molar-refractivity contribution in [3.63, 3.8) is 0 Å². The Hall–Kier alpha value is -4.16. The van der Waals surface area contributed by atoms with E-state index >= 15 is 0 Å². The third kappa shape index (κ3) is 35.2. The van der Waals surface area contributed by atoms with Gasteiger partial charge in [0.1, 0.15) is 61.0 Å². The van der Waals surface area contributed by atoms with Crippen molar-refractivity contribution in [2.45, 2.75) is 272 Å². The van der Waals surface area contributed by atoms with Crippen LogP contribution in [-0.4, -0.2) is 302 Å². The third-order valence-corrected chi connectivity index (χ3v) is 18.5. The second-order valence-electron chi connectivity index (χ2n) is 26.0. The molecule has 600 valence electrons. The van der Waals surface area contributed by atoms with E-state index in [2.05, 4.69) is 29.6 Å². The van der Waals surface area contributed by atoms with E-state index in [0.717, 1.165) is 77.0 Å². The van der Waals surface area contributed by atoms with Crippen molar-refractivity contribution in [1.82, 2.24) is 21.3 Å². The molecule has 4 rings (SSSR count). The lowest BCUT2D eigenvalue weighted by Crippen LogP contribution is -2.64. The SMILES string of the molecule is CC1C(OC2C(C(=O)O)OC(OCCCCCCNC(=O)CCCCCCCNC(=O)CCOCCCOCCC(=O)NCCCCCCCC(=O)NCCCCCCOC3OC(C(=O)O)C(OC4OC(COS(=O)(=O)O)C(O)C(O)C4C)C(O)C3O)C(O)C2O)OC(COS(=O)(=O)O)C(O)C1O. The highest BCUT2D eigenvalue weighted by Crippen LogP contribution is 2.35. The minimum absolute atomic E-state index is 0.0350. The fourth-order valence-electron chi connectivity index (χ4n) is 11.5. The lowest BCUT2D eigenvalue weighted by atomic mass is 9.92. The summed E-state index contributed by atoms with van der Waals surface area (Å²) < 4.78 is 126. The first-order valence-corrected chi connectivity index (χ1v) is 38.2. The lowest BCUT2D eigenvalue weighted by Gasteiger charge is -2.45. The van der Waals surface area contributed by atoms with Crippen LogP contribution < -0.4 is 21.3 Å². The van der Waals surface area contributed by atoms with E-state index in [-0.39, 0.29) is 62.9 Å². The van der Waals surface area contributed by atoms with E-state index in [1.54, 1.807) is 0 Å². The minimum Gasteiger partial charge on any atom is -0.479 e. The molecular weight excluding hydrogens is 1420 g/mol. The van der Waals surface area contributed by atoms with Gasteiger partial charge in [-0.1, -0.05) is 78.1 Å². The van der Waals surface area contributed by atoms with Gasteiger partial charge in [0, 0.05) is 90.1 Å². The number of aliphatic carboxylic acids is 2. The molecule has 4 heterocycles. The van der Waals surface area contributed by atoms with Gasteiger partial charge in [-0.25, -0.2) is 18.0 Å². The number of unbranched alkanes of at least 4 members (excludes halogenated alkanes) is 14. The molecule has 0 aliphatic carbocycles. The molecule has 4 aliphatic heterocycles. The topological polar surface area (TPSA) is 572 Å². The summed E-state index contributed by atoms with van der Waals surface area (Å²) in [6.07, 6.45) is -15.1. The third-order valence-electron chi connectivity index (χ3n) is 17.6. The zero-order chi connectivity index (χ0) is 76.1. The van der Waals surface area contributed by atoms with Crippen molar-refractivity contribution >= 4 is 56.4 Å². The van der Waals surface area contributed by atoms with E-state index in [0.29, 0.717) is 97.2 Å². The van der Waals surface area contributed by atoms with Gasteiger partial charge in [-0.2, -0.15) is 16.8 Å². The summed E-state index contributed by atoms with van der Waals surface area (Å²) in [6.45, 7) is 4.34. The first kappa shape index (κ1) is 91.2. The van der Waals surface area contributed by atoms with Crippen LogP contribution in [0.5, 0.6) is 0 Å². The molecule has 4 fully saturated rings. The predicted molar refractivity (Wildman–Crippen MR) is 353 cm³/mol. The summed E-state index contributed by atoms with van der Waals surface area (Å²) >= 11 is 0. The smallest absolute Gasteiger partial charge is 0.397 e. The number of aliphatic hydroxyl groups is 8. The first-order valence-electron chi connectivity index (χ1n) is 35.4. The number of nitrogens with one attached hydrogen (secondary N) is 4. The van der Waals surface area contributed by atoms with Gasteiger partial charge in [-0.15, -0.1) is 0 Å². The fourth-order valence-corrected chi connectivity index (χ4v) is 12.1. The van der Waals surface area contributed by atoms with Gasteiger partial charge in [0.25, 0.3) is 0 Å². The number of ether oxygens (including phenoxy) is 10. The summed E-state index contributed by atoms with van der Waals surface area (Å²) in [4.78, 5) is 73.4. The quantitative estimate of drug-likeness (QED) is 0.0234. The summed E-state index contributed by atoms with van der Waals surface area (Å²) in [5.74, 6) is -5.59. The van der Waals surface area contributed by atoms with Crippen LogP contribution in [0.1, 0.15) is 162 Å². The number of carboxylic acid groups (broad SMARTS) is 2. The van der Waals surface area contributed by atoms with Crippen LogP contribution in [0.25, 0.3) is 0 Å². The lowest BCUT2D eigenvalue weighted by molar-refractivity contribution is -0.346. The second kappa shape index (κ2) is 49.0. The average Bonchev–Trinajstić information content (AvgIpc) is 0.789. The highest BCUT2D eigenvalue weighted by atomic mass is 32.3. The molecule has 20 unspecified atom stereocenters. The molecule has 0 bridgehead atoms. The largest absolute Gasteiger partial charge is 0.479 e. The van der Waals surface area contributed by atoms with E-state index in [4.69, 9.17) is 56.5 Å². The molecule has 103 heavy (non-hydrogen) atoms. The van der Waals surface area contributed by atoms with Crippen molar-refractivity contribution in [3.8, 4) is 0 Å². The Kier molecular flexibility index (Phi) is 43.4.